The monoisotopic (exact) mass is 226 g/mol. The van der Waals surface area contributed by atoms with Gasteiger partial charge >= 0.3 is 11.7 Å². The zero-order valence-corrected chi connectivity index (χ0v) is 9.97. The van der Waals surface area contributed by atoms with Crippen molar-refractivity contribution in [1.82, 2.24) is 9.13 Å². The second kappa shape index (κ2) is 5.53. The summed E-state index contributed by atoms with van der Waals surface area (Å²) in [5, 5.41) is 0. The Bertz CT molecular complexity index is 404. The van der Waals surface area contributed by atoms with Crippen LogP contribution in [0.4, 0.5) is 0 Å². The third-order valence-corrected chi connectivity index (χ3v) is 2.29. The highest BCUT2D eigenvalue weighted by molar-refractivity contribution is 5.69. The van der Waals surface area contributed by atoms with E-state index in [1.807, 2.05) is 13.8 Å². The summed E-state index contributed by atoms with van der Waals surface area (Å²) in [5.74, 6) is -0.272. The fourth-order valence-electron chi connectivity index (χ4n) is 1.44. The zero-order chi connectivity index (χ0) is 12.1. The number of hydrogen-bond acceptors (Lipinski definition) is 3. The number of carbonyl (C=O) groups is 1. The number of esters is 1. The predicted octanol–water partition coefficient (Wildman–Crippen LogP) is 1.18. The molecule has 0 spiro atoms. The van der Waals surface area contributed by atoms with Crippen LogP contribution < -0.4 is 5.69 Å². The van der Waals surface area contributed by atoms with Gasteiger partial charge in [-0.2, -0.15) is 0 Å². The van der Waals surface area contributed by atoms with Crippen molar-refractivity contribution in [3.63, 3.8) is 0 Å². The van der Waals surface area contributed by atoms with E-state index < -0.39 is 0 Å². The summed E-state index contributed by atoms with van der Waals surface area (Å²) < 4.78 is 7.95. The lowest BCUT2D eigenvalue weighted by Gasteiger charge is -2.05. The number of nitrogens with zero attached hydrogens (tertiary/aromatic N) is 2. The van der Waals surface area contributed by atoms with Crippen molar-refractivity contribution in [1.29, 1.82) is 0 Å². The van der Waals surface area contributed by atoms with Gasteiger partial charge in [0.25, 0.3) is 0 Å². The Labute approximate surface area is 94.6 Å². The number of hydrogen-bond donors (Lipinski definition) is 0. The highest BCUT2D eigenvalue weighted by atomic mass is 16.5. The normalized spacial score (nSPS) is 10.8. The van der Waals surface area contributed by atoms with E-state index >= 15 is 0 Å². The van der Waals surface area contributed by atoms with E-state index in [1.165, 1.54) is 4.57 Å². The minimum Gasteiger partial charge on any atom is -0.466 e. The molecule has 0 saturated carbocycles. The van der Waals surface area contributed by atoms with Gasteiger partial charge in [-0.15, -0.1) is 0 Å². The Morgan fingerprint density at radius 2 is 2.12 bits per heavy atom. The average molecular weight is 226 g/mol. The molecular weight excluding hydrogens is 208 g/mol. The first-order valence-electron chi connectivity index (χ1n) is 5.49. The van der Waals surface area contributed by atoms with Crippen LogP contribution in [0.3, 0.4) is 0 Å². The minimum absolute atomic E-state index is 0.0840. The molecule has 5 heteroatoms. The van der Waals surface area contributed by atoms with Crippen molar-refractivity contribution in [3.05, 3.63) is 22.9 Å². The molecule has 0 unspecified atom stereocenters. The first-order chi connectivity index (χ1) is 7.56. The van der Waals surface area contributed by atoms with Crippen LogP contribution in [-0.2, 0) is 16.1 Å². The molecule has 0 saturated heterocycles. The molecule has 0 fully saturated rings. The van der Waals surface area contributed by atoms with E-state index in [2.05, 4.69) is 0 Å². The largest absolute Gasteiger partial charge is 0.466 e. The number of aromatic nitrogens is 2. The van der Waals surface area contributed by atoms with Crippen molar-refractivity contribution in [2.45, 2.75) is 39.8 Å². The molecule has 0 bridgehead atoms. The summed E-state index contributed by atoms with van der Waals surface area (Å²) in [6.07, 6.45) is 3.66. The molecule has 1 heterocycles. The van der Waals surface area contributed by atoms with Gasteiger partial charge in [-0.3, -0.25) is 13.9 Å². The van der Waals surface area contributed by atoms with Crippen LogP contribution >= 0.6 is 0 Å². The van der Waals surface area contributed by atoms with Crippen molar-refractivity contribution < 1.29 is 9.53 Å². The van der Waals surface area contributed by atoms with Gasteiger partial charge in [-0.25, -0.2) is 4.79 Å². The lowest BCUT2D eigenvalue weighted by Crippen LogP contribution is -2.26. The van der Waals surface area contributed by atoms with Crippen LogP contribution in [0.2, 0.25) is 0 Å². The smallest absolute Gasteiger partial charge is 0.328 e. The molecule has 0 atom stereocenters. The topological polar surface area (TPSA) is 53.2 Å². The molecule has 0 N–H and O–H groups in total. The fraction of sp³-hybridized carbons (Fsp3) is 0.636. The molecule has 90 valence electrons. The number of rotatable bonds is 5. The van der Waals surface area contributed by atoms with E-state index in [1.54, 1.807) is 23.9 Å². The first-order valence-corrected chi connectivity index (χ1v) is 5.49. The quantitative estimate of drug-likeness (QED) is 0.708. The second-order valence-corrected chi connectivity index (χ2v) is 3.83. The van der Waals surface area contributed by atoms with Gasteiger partial charge in [0.2, 0.25) is 0 Å². The molecule has 0 radical (unpaired) electrons. The summed E-state index contributed by atoms with van der Waals surface area (Å²) in [7, 11) is 0. The Morgan fingerprint density at radius 3 is 2.62 bits per heavy atom. The van der Waals surface area contributed by atoms with Crippen molar-refractivity contribution >= 4 is 5.97 Å². The molecule has 0 aliphatic heterocycles. The Kier molecular flexibility index (Phi) is 4.34. The molecule has 16 heavy (non-hydrogen) atoms. The number of carbonyl (C=O) groups excluding carboxylic acids is 1. The molecular formula is C11H18N2O3. The van der Waals surface area contributed by atoms with Crippen molar-refractivity contribution in [2.75, 3.05) is 6.61 Å². The molecule has 0 aliphatic carbocycles. The van der Waals surface area contributed by atoms with Gasteiger partial charge < -0.3 is 4.74 Å². The van der Waals surface area contributed by atoms with Crippen molar-refractivity contribution in [3.8, 4) is 0 Å². The Morgan fingerprint density at radius 1 is 1.44 bits per heavy atom. The van der Waals surface area contributed by atoms with Gasteiger partial charge in [0, 0.05) is 25.0 Å². The standard InChI is InChI=1S/C11H18N2O3/c1-4-16-10(14)5-6-12-7-8-13(9(2)3)11(12)15/h7-9H,4-6H2,1-3H3. The highest BCUT2D eigenvalue weighted by Crippen LogP contribution is 2.00. The van der Waals surface area contributed by atoms with E-state index in [9.17, 15) is 9.59 Å². The highest BCUT2D eigenvalue weighted by Gasteiger charge is 2.08. The SMILES string of the molecule is CCOC(=O)CCn1ccn(C(C)C)c1=O. The zero-order valence-electron chi connectivity index (χ0n) is 9.97. The minimum atomic E-state index is -0.272. The lowest BCUT2D eigenvalue weighted by atomic mass is 10.4. The van der Waals surface area contributed by atoms with E-state index in [0.717, 1.165) is 0 Å². The summed E-state index contributed by atoms with van der Waals surface area (Å²) in [6, 6.07) is 0.136. The maximum atomic E-state index is 11.8. The van der Waals surface area contributed by atoms with Crippen LogP contribution in [0.15, 0.2) is 17.2 Å². The van der Waals surface area contributed by atoms with Crippen LogP contribution in [0.25, 0.3) is 0 Å². The van der Waals surface area contributed by atoms with Gasteiger partial charge in [0.1, 0.15) is 0 Å². The van der Waals surface area contributed by atoms with E-state index in [0.29, 0.717) is 13.2 Å². The summed E-state index contributed by atoms with van der Waals surface area (Å²) in [5.41, 5.74) is -0.0840. The molecule has 5 nitrogen and oxygen atoms in total. The third-order valence-electron chi connectivity index (χ3n) is 2.29. The van der Waals surface area contributed by atoms with Crippen molar-refractivity contribution in [2.24, 2.45) is 0 Å². The average Bonchev–Trinajstić information content (AvgIpc) is 2.57. The second-order valence-electron chi connectivity index (χ2n) is 3.83. The predicted molar refractivity (Wildman–Crippen MR) is 60.3 cm³/mol. The Balaban J connectivity index is 2.62. The fourth-order valence-corrected chi connectivity index (χ4v) is 1.44. The lowest BCUT2D eigenvalue weighted by molar-refractivity contribution is -0.143. The Hall–Kier alpha value is -1.52. The molecule has 1 rings (SSSR count). The van der Waals surface area contributed by atoms with Gasteiger partial charge in [-0.1, -0.05) is 0 Å². The molecule has 1 aromatic rings. The first kappa shape index (κ1) is 12.5. The number of imidazole rings is 1. The maximum Gasteiger partial charge on any atom is 0.328 e. The number of aryl methyl sites for hydroxylation is 1. The van der Waals surface area contributed by atoms with E-state index in [4.69, 9.17) is 4.74 Å². The van der Waals surface area contributed by atoms with Crippen LogP contribution in [0.1, 0.15) is 33.2 Å². The third kappa shape index (κ3) is 2.98. The molecule has 0 amide bonds. The van der Waals surface area contributed by atoms with Gasteiger partial charge in [0.15, 0.2) is 0 Å². The maximum absolute atomic E-state index is 11.8. The van der Waals surface area contributed by atoms with Gasteiger partial charge in [-0.05, 0) is 20.8 Å². The summed E-state index contributed by atoms with van der Waals surface area (Å²) >= 11 is 0. The number of ether oxygens (including phenoxy) is 1. The van der Waals surface area contributed by atoms with Crippen LogP contribution in [0.5, 0.6) is 0 Å². The summed E-state index contributed by atoms with van der Waals surface area (Å²) in [4.78, 5) is 22.9. The molecule has 0 aliphatic rings. The van der Waals surface area contributed by atoms with Crippen LogP contribution in [-0.4, -0.2) is 21.7 Å². The molecule has 1 aromatic heterocycles. The summed E-state index contributed by atoms with van der Waals surface area (Å²) in [6.45, 7) is 6.39. The van der Waals surface area contributed by atoms with Crippen LogP contribution in [0, 0.1) is 0 Å². The molecule has 0 aromatic carbocycles. The van der Waals surface area contributed by atoms with E-state index in [-0.39, 0.29) is 24.1 Å². The van der Waals surface area contributed by atoms with Gasteiger partial charge in [0.05, 0.1) is 13.0 Å².